The van der Waals surface area contributed by atoms with Crippen LogP contribution >= 0.6 is 12.2 Å². The van der Waals surface area contributed by atoms with Crippen molar-refractivity contribution in [2.45, 2.75) is 5.60 Å². The summed E-state index contributed by atoms with van der Waals surface area (Å²) in [5, 5.41) is 2.40. The Morgan fingerprint density at radius 3 is 1.97 bits per heavy atom. The molecule has 3 aromatic rings. The van der Waals surface area contributed by atoms with Gasteiger partial charge >= 0.3 is 5.97 Å². The summed E-state index contributed by atoms with van der Waals surface area (Å²) in [7, 11) is 7.88. The number of benzene rings is 3. The fourth-order valence-corrected chi connectivity index (χ4v) is 4.47. The fraction of sp³-hybridized carbons (Fsp3) is 0.200. The van der Waals surface area contributed by atoms with Crippen LogP contribution < -0.4 is 14.5 Å². The predicted octanol–water partition coefficient (Wildman–Crippen LogP) is 5.12. The van der Waals surface area contributed by atoms with Crippen molar-refractivity contribution in [2.75, 3.05) is 38.0 Å². The molecule has 0 saturated carbocycles. The van der Waals surface area contributed by atoms with Crippen LogP contribution in [0, 0.1) is 0 Å². The van der Waals surface area contributed by atoms with Gasteiger partial charge in [-0.2, -0.15) is 4.99 Å². The number of thiocarbonyl (C=S) groups is 1. The number of hydrogen-bond donors (Lipinski definition) is 0. The lowest BCUT2D eigenvalue weighted by Crippen LogP contribution is -2.33. The molecule has 2 heterocycles. The molecule has 0 saturated heterocycles. The zero-order chi connectivity index (χ0) is 22.6. The maximum Gasteiger partial charge on any atom is 0.340 e. The summed E-state index contributed by atoms with van der Waals surface area (Å²) in [6.45, 7) is 0. The topological polar surface area (TPSA) is 54.4 Å². The number of rotatable bonds is 3. The number of carbonyl (C=O) groups excluding carboxylic acids is 1. The normalized spacial score (nSPS) is 14.4. The first kappa shape index (κ1) is 20.2. The number of isothiocyanates is 1. The SMILES string of the molecule is CN(C)c1ccc2c(c1)Oc1cc(N(C)C)ccc1C21OC(=O)c2ccc(N=C=S)cc21. The summed E-state index contributed by atoms with van der Waals surface area (Å²) in [5.41, 5.74) is 4.19. The maximum absolute atomic E-state index is 13.0. The number of anilines is 2. The second-order valence-electron chi connectivity index (χ2n) is 8.26. The minimum Gasteiger partial charge on any atom is -0.456 e. The highest BCUT2D eigenvalue weighted by Crippen LogP contribution is 2.57. The lowest BCUT2D eigenvalue weighted by Gasteiger charge is -2.37. The van der Waals surface area contributed by atoms with E-state index in [-0.39, 0.29) is 5.97 Å². The molecule has 0 amide bonds. The monoisotopic (exact) mass is 443 g/mol. The number of fused-ring (bicyclic) bond motifs is 6. The second kappa shape index (κ2) is 7.19. The van der Waals surface area contributed by atoms with Gasteiger partial charge in [-0.25, -0.2) is 4.79 Å². The van der Waals surface area contributed by atoms with E-state index in [0.717, 1.165) is 28.1 Å². The molecule has 32 heavy (non-hydrogen) atoms. The molecule has 160 valence electrons. The van der Waals surface area contributed by atoms with Crippen molar-refractivity contribution in [1.29, 1.82) is 0 Å². The molecular weight excluding hydrogens is 422 g/mol. The Labute approximate surface area is 191 Å². The van der Waals surface area contributed by atoms with Gasteiger partial charge in [0.25, 0.3) is 0 Å². The third-order valence-corrected chi connectivity index (χ3v) is 6.06. The molecule has 2 aliphatic heterocycles. The van der Waals surface area contributed by atoms with E-state index in [0.29, 0.717) is 22.7 Å². The van der Waals surface area contributed by atoms with Crippen molar-refractivity contribution in [3.63, 3.8) is 0 Å². The molecule has 0 radical (unpaired) electrons. The van der Waals surface area contributed by atoms with Gasteiger partial charge in [0.05, 0.1) is 16.4 Å². The molecular formula is C25H21N3O3S. The Morgan fingerprint density at radius 1 is 0.844 bits per heavy atom. The predicted molar refractivity (Wildman–Crippen MR) is 128 cm³/mol. The van der Waals surface area contributed by atoms with Crippen LogP contribution in [0.3, 0.4) is 0 Å². The molecule has 2 aliphatic rings. The van der Waals surface area contributed by atoms with E-state index in [1.807, 2.05) is 80.5 Å². The lowest BCUT2D eigenvalue weighted by atomic mass is 9.77. The first-order valence-corrected chi connectivity index (χ1v) is 10.5. The minimum absolute atomic E-state index is 0.384. The van der Waals surface area contributed by atoms with Crippen LogP contribution in [0.2, 0.25) is 0 Å². The van der Waals surface area contributed by atoms with Gasteiger partial charge in [0.1, 0.15) is 11.5 Å². The third-order valence-electron chi connectivity index (χ3n) is 5.96. The van der Waals surface area contributed by atoms with Crippen LogP contribution in [0.4, 0.5) is 17.1 Å². The number of nitrogens with zero attached hydrogens (tertiary/aromatic N) is 3. The van der Waals surface area contributed by atoms with Gasteiger partial charge in [-0.3, -0.25) is 0 Å². The van der Waals surface area contributed by atoms with Gasteiger partial charge in [-0.05, 0) is 54.7 Å². The highest BCUT2D eigenvalue weighted by atomic mass is 32.1. The molecule has 0 unspecified atom stereocenters. The van der Waals surface area contributed by atoms with Crippen molar-refractivity contribution in [1.82, 2.24) is 0 Å². The van der Waals surface area contributed by atoms with Crippen LogP contribution in [0.25, 0.3) is 0 Å². The highest BCUT2D eigenvalue weighted by molar-refractivity contribution is 7.78. The Hall–Kier alpha value is -3.67. The number of hydrogen-bond acceptors (Lipinski definition) is 7. The smallest absolute Gasteiger partial charge is 0.340 e. The number of carbonyl (C=O) groups is 1. The van der Waals surface area contributed by atoms with E-state index < -0.39 is 5.60 Å². The molecule has 7 heteroatoms. The average molecular weight is 444 g/mol. The van der Waals surface area contributed by atoms with Crippen molar-refractivity contribution in [3.05, 3.63) is 76.9 Å². The van der Waals surface area contributed by atoms with Crippen LogP contribution in [0.1, 0.15) is 27.0 Å². The van der Waals surface area contributed by atoms with Crippen LogP contribution in [0.5, 0.6) is 11.5 Å². The number of ether oxygens (including phenoxy) is 2. The maximum atomic E-state index is 13.0. The standard InChI is InChI=1S/C25H21N3O3S/c1-27(2)16-6-9-19-22(12-16)30-23-13-17(28(3)4)7-10-20(23)25(19)21-11-15(26-14-32)5-8-18(21)24(29)31-25/h5-13H,1-4H3. The number of aliphatic imine (C=N–C) groups is 1. The Bertz CT molecular complexity index is 1270. The summed E-state index contributed by atoms with van der Waals surface area (Å²) < 4.78 is 12.6. The molecule has 3 aromatic carbocycles. The molecule has 0 bridgehead atoms. The van der Waals surface area contributed by atoms with Crippen LogP contribution in [-0.2, 0) is 10.3 Å². The van der Waals surface area contributed by atoms with E-state index in [1.165, 1.54) is 0 Å². The van der Waals surface area contributed by atoms with E-state index in [2.05, 4.69) is 10.2 Å². The Balaban J connectivity index is 1.85. The highest BCUT2D eigenvalue weighted by Gasteiger charge is 2.53. The third kappa shape index (κ3) is 2.83. The minimum atomic E-state index is -1.14. The van der Waals surface area contributed by atoms with Crippen molar-refractivity contribution in [3.8, 4) is 11.5 Å². The fourth-order valence-electron chi connectivity index (χ4n) is 4.37. The summed E-state index contributed by atoms with van der Waals surface area (Å²) in [5.74, 6) is 0.901. The van der Waals surface area contributed by atoms with Crippen LogP contribution in [0.15, 0.2) is 59.6 Å². The van der Waals surface area contributed by atoms with Gasteiger partial charge < -0.3 is 19.3 Å². The zero-order valence-electron chi connectivity index (χ0n) is 18.2. The molecule has 6 nitrogen and oxygen atoms in total. The van der Waals surface area contributed by atoms with Gasteiger partial charge in [-0.1, -0.05) is 0 Å². The molecule has 5 rings (SSSR count). The van der Waals surface area contributed by atoms with Gasteiger partial charge in [0.2, 0.25) is 0 Å². The van der Waals surface area contributed by atoms with E-state index in [4.69, 9.17) is 21.7 Å². The molecule has 0 fully saturated rings. The quantitative estimate of drug-likeness (QED) is 0.318. The van der Waals surface area contributed by atoms with Crippen molar-refractivity contribution in [2.24, 2.45) is 4.99 Å². The van der Waals surface area contributed by atoms with Crippen molar-refractivity contribution < 1.29 is 14.3 Å². The number of esters is 1. The van der Waals surface area contributed by atoms with E-state index >= 15 is 0 Å². The molecule has 0 N–H and O–H groups in total. The Kier molecular flexibility index (Phi) is 4.55. The zero-order valence-corrected chi connectivity index (χ0v) is 19.0. The molecule has 0 aliphatic carbocycles. The van der Waals surface area contributed by atoms with Gasteiger partial charge in [-0.15, -0.1) is 0 Å². The largest absolute Gasteiger partial charge is 0.456 e. The average Bonchev–Trinajstić information content (AvgIpc) is 3.05. The van der Waals surface area contributed by atoms with E-state index in [1.54, 1.807) is 12.1 Å². The lowest BCUT2D eigenvalue weighted by molar-refractivity contribution is 0.0224. The van der Waals surface area contributed by atoms with E-state index in [9.17, 15) is 4.79 Å². The van der Waals surface area contributed by atoms with Crippen LogP contribution in [-0.4, -0.2) is 39.3 Å². The second-order valence-corrected chi connectivity index (χ2v) is 8.44. The first-order valence-electron chi connectivity index (χ1n) is 10.1. The molecule has 0 atom stereocenters. The summed E-state index contributed by atoms with van der Waals surface area (Å²) >= 11 is 4.79. The van der Waals surface area contributed by atoms with Gasteiger partial charge in [0.15, 0.2) is 5.60 Å². The summed E-state index contributed by atoms with van der Waals surface area (Å²) in [6, 6.07) is 17.2. The first-order chi connectivity index (χ1) is 15.3. The summed E-state index contributed by atoms with van der Waals surface area (Å²) in [4.78, 5) is 21.2. The van der Waals surface area contributed by atoms with Crippen molar-refractivity contribution >= 4 is 40.4 Å². The molecule has 1 spiro atoms. The molecule has 0 aromatic heterocycles. The Morgan fingerprint density at radius 2 is 1.44 bits per heavy atom. The summed E-state index contributed by atoms with van der Waals surface area (Å²) in [6.07, 6.45) is 0. The van der Waals surface area contributed by atoms with Gasteiger partial charge in [0, 0.05) is 68.4 Å².